The molecule has 0 aromatic heterocycles. The molecule has 0 saturated carbocycles. The Morgan fingerprint density at radius 2 is 2.04 bits per heavy atom. The molecule has 24 heavy (non-hydrogen) atoms. The average molecular weight is 376 g/mol. The highest BCUT2D eigenvalue weighted by molar-refractivity contribution is 7.89. The Labute approximate surface area is 150 Å². The number of carbonyl (C=O) groups is 1. The number of sulfonamides is 1. The lowest BCUT2D eigenvalue weighted by Crippen LogP contribution is -2.39. The molecule has 0 unspecified atom stereocenters. The lowest BCUT2D eigenvalue weighted by molar-refractivity contribution is 0.0740. The van der Waals surface area contributed by atoms with Gasteiger partial charge in [0.15, 0.2) is 0 Å². The number of nitrogens with one attached hydrogen (secondary N) is 1. The molecule has 136 valence electrons. The van der Waals surface area contributed by atoms with Crippen LogP contribution >= 0.6 is 12.4 Å². The van der Waals surface area contributed by atoms with Crippen molar-refractivity contribution in [2.75, 3.05) is 26.7 Å². The molecule has 0 spiro atoms. The Hall–Kier alpha value is -1.41. The van der Waals surface area contributed by atoms with Crippen LogP contribution in [0.2, 0.25) is 0 Å². The monoisotopic (exact) mass is 375 g/mol. The third kappa shape index (κ3) is 6.24. The molecule has 1 aromatic rings. The van der Waals surface area contributed by atoms with Gasteiger partial charge in [0.25, 0.3) is 5.91 Å². The van der Waals surface area contributed by atoms with E-state index in [4.69, 9.17) is 5.73 Å². The smallest absolute Gasteiger partial charge is 0.253 e. The Balaban J connectivity index is 0.00000529. The number of nitrogens with zero attached hydrogens (tertiary/aromatic N) is 1. The molecule has 8 heteroatoms. The van der Waals surface area contributed by atoms with Crippen molar-refractivity contribution in [3.8, 4) is 0 Å². The van der Waals surface area contributed by atoms with E-state index in [1.807, 2.05) is 13.8 Å². The van der Waals surface area contributed by atoms with Gasteiger partial charge in [-0.2, -0.15) is 0 Å². The molecule has 1 rings (SSSR count). The first-order valence-electron chi connectivity index (χ1n) is 7.29. The Bertz CT molecular complexity index is 675. The van der Waals surface area contributed by atoms with Crippen LogP contribution in [0, 0.1) is 5.41 Å². The van der Waals surface area contributed by atoms with Crippen molar-refractivity contribution < 1.29 is 13.2 Å². The molecule has 0 bridgehead atoms. The van der Waals surface area contributed by atoms with Gasteiger partial charge in [-0.1, -0.05) is 26.0 Å². The maximum Gasteiger partial charge on any atom is 0.253 e. The number of rotatable bonds is 8. The number of benzene rings is 1. The van der Waals surface area contributed by atoms with Crippen molar-refractivity contribution in [1.29, 1.82) is 0 Å². The number of amides is 1. The van der Waals surface area contributed by atoms with Gasteiger partial charge in [-0.05, 0) is 30.2 Å². The molecular formula is C16H26ClN3O3S. The lowest BCUT2D eigenvalue weighted by Gasteiger charge is -2.29. The molecule has 0 aliphatic carbocycles. The molecule has 1 aromatic carbocycles. The standard InChI is InChI=1S/C16H25N3O3S.ClH/c1-5-9-18-23(21,22)14-8-6-7-13(10-14)15(20)19(4)12-16(2,3)11-17;/h5-8,10,18H,1,9,11-12,17H2,2-4H3;1H. The lowest BCUT2D eigenvalue weighted by atomic mass is 9.93. The molecule has 0 aliphatic heterocycles. The van der Waals surface area contributed by atoms with Crippen LogP contribution in [0.4, 0.5) is 0 Å². The maximum atomic E-state index is 12.5. The number of hydrogen-bond donors (Lipinski definition) is 2. The summed E-state index contributed by atoms with van der Waals surface area (Å²) in [6.45, 7) is 8.47. The highest BCUT2D eigenvalue weighted by Gasteiger charge is 2.23. The van der Waals surface area contributed by atoms with E-state index >= 15 is 0 Å². The van der Waals surface area contributed by atoms with Crippen LogP contribution in [0.3, 0.4) is 0 Å². The predicted octanol–water partition coefficient (Wildman–Crippen LogP) is 1.63. The van der Waals surface area contributed by atoms with Gasteiger partial charge in [0.1, 0.15) is 0 Å². The van der Waals surface area contributed by atoms with E-state index in [-0.39, 0.29) is 35.2 Å². The summed E-state index contributed by atoms with van der Waals surface area (Å²) in [5.41, 5.74) is 5.80. The van der Waals surface area contributed by atoms with E-state index in [2.05, 4.69) is 11.3 Å². The summed E-state index contributed by atoms with van der Waals surface area (Å²) in [5.74, 6) is -0.243. The normalized spacial score (nSPS) is 11.5. The number of hydrogen-bond acceptors (Lipinski definition) is 4. The third-order valence-corrected chi connectivity index (χ3v) is 4.79. The highest BCUT2D eigenvalue weighted by Crippen LogP contribution is 2.17. The molecule has 0 radical (unpaired) electrons. The van der Waals surface area contributed by atoms with Crippen LogP contribution < -0.4 is 10.5 Å². The van der Waals surface area contributed by atoms with Crippen LogP contribution in [-0.4, -0.2) is 45.9 Å². The maximum absolute atomic E-state index is 12.5. The quantitative estimate of drug-likeness (QED) is 0.675. The van der Waals surface area contributed by atoms with Crippen molar-refractivity contribution in [3.63, 3.8) is 0 Å². The Morgan fingerprint density at radius 3 is 2.58 bits per heavy atom. The fraction of sp³-hybridized carbons (Fsp3) is 0.438. The predicted molar refractivity (Wildman–Crippen MR) is 98.9 cm³/mol. The minimum Gasteiger partial charge on any atom is -0.341 e. The summed E-state index contributed by atoms with van der Waals surface area (Å²) >= 11 is 0. The second-order valence-electron chi connectivity index (χ2n) is 6.20. The van der Waals surface area contributed by atoms with Crippen LogP contribution in [0.15, 0.2) is 41.8 Å². The van der Waals surface area contributed by atoms with E-state index < -0.39 is 10.0 Å². The van der Waals surface area contributed by atoms with Gasteiger partial charge in [-0.15, -0.1) is 19.0 Å². The van der Waals surface area contributed by atoms with Crippen molar-refractivity contribution in [3.05, 3.63) is 42.5 Å². The molecule has 0 saturated heterocycles. The van der Waals surface area contributed by atoms with Crippen LogP contribution in [0.1, 0.15) is 24.2 Å². The molecular weight excluding hydrogens is 350 g/mol. The van der Waals surface area contributed by atoms with Gasteiger partial charge in [0, 0.05) is 25.7 Å². The van der Waals surface area contributed by atoms with Crippen LogP contribution in [-0.2, 0) is 10.0 Å². The Kier molecular flexibility index (Phi) is 8.63. The second kappa shape index (κ2) is 9.17. The minimum absolute atomic E-state index is 0. The number of carbonyl (C=O) groups excluding carboxylic acids is 1. The van der Waals surface area contributed by atoms with Gasteiger partial charge < -0.3 is 10.6 Å². The van der Waals surface area contributed by atoms with E-state index in [1.54, 1.807) is 24.1 Å². The van der Waals surface area contributed by atoms with E-state index in [0.29, 0.717) is 18.7 Å². The topological polar surface area (TPSA) is 92.5 Å². The van der Waals surface area contributed by atoms with E-state index in [0.717, 1.165) is 0 Å². The number of nitrogens with two attached hydrogens (primary N) is 1. The summed E-state index contributed by atoms with van der Waals surface area (Å²) in [6, 6.07) is 5.98. The summed E-state index contributed by atoms with van der Waals surface area (Å²) in [6.07, 6.45) is 1.45. The van der Waals surface area contributed by atoms with Gasteiger partial charge in [-0.3, -0.25) is 4.79 Å². The SMILES string of the molecule is C=CCNS(=O)(=O)c1cccc(C(=O)N(C)CC(C)(C)CN)c1.Cl. The van der Waals surface area contributed by atoms with E-state index in [9.17, 15) is 13.2 Å². The highest BCUT2D eigenvalue weighted by atomic mass is 35.5. The van der Waals surface area contributed by atoms with E-state index in [1.165, 1.54) is 18.2 Å². The van der Waals surface area contributed by atoms with Crippen molar-refractivity contribution in [1.82, 2.24) is 9.62 Å². The van der Waals surface area contributed by atoms with Crippen molar-refractivity contribution >= 4 is 28.3 Å². The summed E-state index contributed by atoms with van der Waals surface area (Å²) in [7, 11) is -1.98. The first-order valence-corrected chi connectivity index (χ1v) is 8.77. The van der Waals surface area contributed by atoms with Crippen molar-refractivity contribution in [2.45, 2.75) is 18.7 Å². The largest absolute Gasteiger partial charge is 0.341 e. The summed E-state index contributed by atoms with van der Waals surface area (Å²) in [4.78, 5) is 14.1. The summed E-state index contributed by atoms with van der Waals surface area (Å²) in [5, 5.41) is 0. The zero-order valence-corrected chi connectivity index (χ0v) is 15.9. The van der Waals surface area contributed by atoms with Crippen LogP contribution in [0.25, 0.3) is 0 Å². The molecule has 1 amide bonds. The van der Waals surface area contributed by atoms with Crippen LogP contribution in [0.5, 0.6) is 0 Å². The first kappa shape index (κ1) is 22.6. The van der Waals surface area contributed by atoms with Gasteiger partial charge in [0.2, 0.25) is 10.0 Å². The number of halogens is 1. The first-order chi connectivity index (χ1) is 10.6. The fourth-order valence-electron chi connectivity index (χ4n) is 2.05. The van der Waals surface area contributed by atoms with Gasteiger partial charge >= 0.3 is 0 Å². The summed E-state index contributed by atoms with van der Waals surface area (Å²) < 4.78 is 26.6. The zero-order chi connectivity index (χ0) is 17.7. The van der Waals surface area contributed by atoms with Gasteiger partial charge in [-0.25, -0.2) is 13.1 Å². The molecule has 0 heterocycles. The third-order valence-electron chi connectivity index (χ3n) is 3.37. The molecule has 0 fully saturated rings. The van der Waals surface area contributed by atoms with Crippen molar-refractivity contribution in [2.24, 2.45) is 11.1 Å². The second-order valence-corrected chi connectivity index (χ2v) is 7.96. The average Bonchev–Trinajstić information content (AvgIpc) is 2.52. The molecule has 0 aliphatic rings. The minimum atomic E-state index is -3.66. The fourth-order valence-corrected chi connectivity index (χ4v) is 3.09. The Morgan fingerprint density at radius 1 is 1.42 bits per heavy atom. The molecule has 6 nitrogen and oxygen atoms in total. The molecule has 0 atom stereocenters. The molecule has 3 N–H and O–H groups in total. The zero-order valence-electron chi connectivity index (χ0n) is 14.3. The van der Waals surface area contributed by atoms with Gasteiger partial charge in [0.05, 0.1) is 4.90 Å².